The Labute approximate surface area is 201 Å². The van der Waals surface area contributed by atoms with Crippen LogP contribution in [0.2, 0.25) is 0 Å². The van der Waals surface area contributed by atoms with Gasteiger partial charge in [-0.3, -0.25) is 4.55 Å². The maximum atomic E-state index is 13.2. The molecule has 0 fully saturated rings. The topological polar surface area (TPSA) is 142 Å². The molecule has 1 heterocycles. The summed E-state index contributed by atoms with van der Waals surface area (Å²) in [7, 11) is -7.45. The predicted molar refractivity (Wildman–Crippen MR) is 128 cm³/mol. The molecule has 1 atom stereocenters. The van der Waals surface area contributed by atoms with E-state index in [1.807, 2.05) is 44.2 Å². The van der Waals surface area contributed by atoms with Crippen molar-refractivity contribution in [1.82, 2.24) is 9.62 Å². The molecule has 0 radical (unpaired) electrons. The minimum Gasteiger partial charge on any atom is -0.454 e. The summed E-state index contributed by atoms with van der Waals surface area (Å²) in [4.78, 5) is 0.131. The van der Waals surface area contributed by atoms with Crippen molar-refractivity contribution < 1.29 is 36.0 Å². The van der Waals surface area contributed by atoms with Gasteiger partial charge >= 0.3 is 0 Å². The van der Waals surface area contributed by atoms with Crippen LogP contribution in [0.3, 0.4) is 0 Å². The van der Waals surface area contributed by atoms with Crippen molar-refractivity contribution in [1.29, 1.82) is 0 Å². The smallest absolute Gasteiger partial charge is 0.261 e. The van der Waals surface area contributed by atoms with Crippen molar-refractivity contribution in [3.05, 3.63) is 54.1 Å². The van der Waals surface area contributed by atoms with E-state index < -0.39 is 26.2 Å². The highest BCUT2D eigenvalue weighted by Crippen LogP contribution is 2.34. The quantitative estimate of drug-likeness (QED) is 0.402. The zero-order valence-electron chi connectivity index (χ0n) is 19.4. The van der Waals surface area contributed by atoms with Crippen LogP contribution in [0.1, 0.15) is 19.4 Å². The van der Waals surface area contributed by atoms with Crippen LogP contribution in [-0.4, -0.2) is 69.6 Å². The fraction of sp³-hybridized carbons (Fsp3) is 0.455. The van der Waals surface area contributed by atoms with Gasteiger partial charge in [-0.1, -0.05) is 44.2 Å². The van der Waals surface area contributed by atoms with E-state index in [1.165, 1.54) is 16.4 Å². The molecule has 190 valence electrons. The molecule has 34 heavy (non-hydrogen) atoms. The predicted octanol–water partition coefficient (Wildman–Crippen LogP) is 1.72. The second kappa shape index (κ2) is 12.5. The summed E-state index contributed by atoms with van der Waals surface area (Å²) < 4.78 is 64.2. The van der Waals surface area contributed by atoms with E-state index in [1.54, 1.807) is 6.07 Å². The molecule has 3 rings (SSSR count). The Morgan fingerprint density at radius 2 is 1.62 bits per heavy atom. The number of nitrogens with zero attached hydrogens (tertiary/aromatic N) is 1. The fourth-order valence-electron chi connectivity index (χ4n) is 3.14. The van der Waals surface area contributed by atoms with Gasteiger partial charge in [0, 0.05) is 32.2 Å². The summed E-state index contributed by atoms with van der Waals surface area (Å²) in [5, 5.41) is 13.6. The number of ether oxygens (including phenoxy) is 2. The number of hydrogen-bond donors (Lipinski definition) is 3. The highest BCUT2D eigenvalue weighted by molar-refractivity contribution is 7.89. The van der Waals surface area contributed by atoms with Crippen molar-refractivity contribution in [2.75, 3.05) is 32.7 Å². The molecular formula is C22H32N2O8S2. The number of nitrogens with one attached hydrogen (secondary N) is 1. The number of rotatable bonds is 10. The van der Waals surface area contributed by atoms with Crippen LogP contribution in [0, 0.1) is 5.92 Å². The lowest BCUT2D eigenvalue weighted by Crippen LogP contribution is -2.43. The Bertz CT molecular complexity index is 1110. The number of sulfonamides is 1. The van der Waals surface area contributed by atoms with Crippen LogP contribution >= 0.6 is 0 Å². The molecule has 12 heteroatoms. The van der Waals surface area contributed by atoms with E-state index in [2.05, 4.69) is 5.32 Å². The first-order valence-corrected chi connectivity index (χ1v) is 13.9. The van der Waals surface area contributed by atoms with Gasteiger partial charge in [-0.25, -0.2) is 8.42 Å². The molecule has 0 spiro atoms. The molecule has 3 N–H and O–H groups in total. The van der Waals surface area contributed by atoms with Gasteiger partial charge < -0.3 is 19.9 Å². The monoisotopic (exact) mass is 516 g/mol. The van der Waals surface area contributed by atoms with Crippen LogP contribution in [-0.2, 0) is 26.7 Å². The van der Waals surface area contributed by atoms with Crippen LogP contribution in [0.5, 0.6) is 11.5 Å². The third-order valence-corrected chi connectivity index (χ3v) is 6.34. The zero-order chi connectivity index (χ0) is 25.4. The first kappa shape index (κ1) is 28.0. The summed E-state index contributed by atoms with van der Waals surface area (Å²) in [5.74, 6) is 1.06. The molecule has 0 saturated heterocycles. The van der Waals surface area contributed by atoms with Crippen molar-refractivity contribution in [3.8, 4) is 11.5 Å². The summed E-state index contributed by atoms with van der Waals surface area (Å²) in [6.07, 6.45) is -0.117. The Hall–Kier alpha value is -2.22. The van der Waals surface area contributed by atoms with Crippen molar-refractivity contribution >= 4 is 20.1 Å². The van der Waals surface area contributed by atoms with Gasteiger partial charge in [0.25, 0.3) is 10.1 Å². The van der Waals surface area contributed by atoms with Crippen molar-refractivity contribution in [2.24, 2.45) is 5.92 Å². The Morgan fingerprint density at radius 1 is 1.00 bits per heavy atom. The van der Waals surface area contributed by atoms with E-state index in [0.717, 1.165) is 5.56 Å². The van der Waals surface area contributed by atoms with E-state index in [9.17, 15) is 21.9 Å². The number of benzene rings is 2. The molecule has 0 unspecified atom stereocenters. The number of hydrogen-bond acceptors (Lipinski definition) is 8. The average molecular weight is 517 g/mol. The molecule has 0 bridgehead atoms. The van der Waals surface area contributed by atoms with Gasteiger partial charge in [-0.2, -0.15) is 12.7 Å². The lowest BCUT2D eigenvalue weighted by Gasteiger charge is -2.26. The number of fused-ring (bicyclic) bond motifs is 1. The van der Waals surface area contributed by atoms with Gasteiger partial charge in [0.05, 0.1) is 17.3 Å². The largest absolute Gasteiger partial charge is 0.454 e. The molecule has 0 aromatic heterocycles. The highest BCUT2D eigenvalue weighted by atomic mass is 32.2. The van der Waals surface area contributed by atoms with Crippen LogP contribution < -0.4 is 14.8 Å². The summed E-state index contributed by atoms with van der Waals surface area (Å²) in [6.45, 7) is 5.20. The average Bonchev–Trinajstić information content (AvgIpc) is 3.20. The molecule has 1 aliphatic heterocycles. The Morgan fingerprint density at radius 3 is 2.24 bits per heavy atom. The first-order valence-electron chi connectivity index (χ1n) is 10.6. The van der Waals surface area contributed by atoms with E-state index in [0.29, 0.717) is 37.4 Å². The Balaban J connectivity index is 0.000000739. The molecule has 1 aliphatic rings. The molecule has 0 saturated carbocycles. The van der Waals surface area contributed by atoms with Gasteiger partial charge in [-0.05, 0) is 23.6 Å². The lowest BCUT2D eigenvalue weighted by atomic mass is 10.2. The van der Waals surface area contributed by atoms with E-state index >= 15 is 0 Å². The minimum absolute atomic E-state index is 0.0107. The molecular weight excluding hydrogens is 484 g/mol. The normalized spacial score (nSPS) is 14.1. The maximum Gasteiger partial charge on any atom is 0.261 e. The summed E-state index contributed by atoms with van der Waals surface area (Å²) >= 11 is 0. The van der Waals surface area contributed by atoms with E-state index in [-0.39, 0.29) is 24.2 Å². The molecule has 2 aromatic carbocycles. The summed E-state index contributed by atoms with van der Waals surface area (Å²) in [5.41, 5.74) is 1.10. The number of aliphatic hydroxyl groups is 1. The van der Waals surface area contributed by atoms with Gasteiger partial charge in [0.1, 0.15) is 0 Å². The van der Waals surface area contributed by atoms with Gasteiger partial charge in [0.2, 0.25) is 16.8 Å². The minimum atomic E-state index is -3.78. The van der Waals surface area contributed by atoms with Crippen LogP contribution in [0.15, 0.2) is 53.4 Å². The molecule has 0 aliphatic carbocycles. The second-order valence-corrected chi connectivity index (χ2v) is 11.6. The number of aliphatic hydroxyl groups excluding tert-OH is 1. The SMILES string of the molecule is CC(C)CN(C[C@H](O)CNCc1ccccc1)S(=O)(=O)c1ccc2c(c1)OCO2.CS(=O)(=O)O. The molecule has 0 amide bonds. The van der Waals surface area contributed by atoms with Crippen LogP contribution in [0.4, 0.5) is 0 Å². The lowest BCUT2D eigenvalue weighted by molar-refractivity contribution is 0.139. The van der Waals surface area contributed by atoms with Crippen LogP contribution in [0.25, 0.3) is 0 Å². The molecule has 2 aromatic rings. The Kier molecular flexibility index (Phi) is 10.3. The highest BCUT2D eigenvalue weighted by Gasteiger charge is 2.29. The third-order valence-electron chi connectivity index (χ3n) is 4.52. The maximum absolute atomic E-state index is 13.2. The van der Waals surface area contributed by atoms with Gasteiger partial charge in [0.15, 0.2) is 11.5 Å². The molecule has 10 nitrogen and oxygen atoms in total. The van der Waals surface area contributed by atoms with Crippen molar-refractivity contribution in [2.45, 2.75) is 31.4 Å². The van der Waals surface area contributed by atoms with E-state index in [4.69, 9.17) is 14.0 Å². The fourth-order valence-corrected chi connectivity index (χ4v) is 4.80. The van der Waals surface area contributed by atoms with Gasteiger partial charge in [-0.15, -0.1) is 0 Å². The zero-order valence-corrected chi connectivity index (χ0v) is 21.0. The second-order valence-electron chi connectivity index (χ2n) is 8.23. The summed E-state index contributed by atoms with van der Waals surface area (Å²) in [6, 6.07) is 14.4. The third kappa shape index (κ3) is 9.57. The first-order chi connectivity index (χ1) is 15.9. The standard InChI is InChI=1S/C21H28N2O5S.CH4O3S/c1-16(2)13-23(14-18(24)12-22-11-17-6-4-3-5-7-17)29(25,26)19-8-9-20-21(10-19)28-15-27-20;1-5(2,3)4/h3-10,16,18,22,24H,11-15H2,1-2H3;1H3,(H,2,3,4)/t18-;/m1./s1. The van der Waals surface area contributed by atoms with Crippen molar-refractivity contribution in [3.63, 3.8) is 0 Å².